The Morgan fingerprint density at radius 3 is 2.67 bits per heavy atom. The fourth-order valence-electron chi connectivity index (χ4n) is 0.898. The molecule has 0 atom stereocenters. The third kappa shape index (κ3) is 2.35. The van der Waals surface area contributed by atoms with E-state index in [1.165, 1.54) is 28.7 Å². The number of nitriles is 1. The van der Waals surface area contributed by atoms with Crippen LogP contribution in [0, 0.1) is 25.0 Å². The lowest BCUT2D eigenvalue weighted by Crippen LogP contribution is -2.02. The van der Waals surface area contributed by atoms with Gasteiger partial charge in [-0.3, -0.25) is 0 Å². The summed E-state index contributed by atoms with van der Waals surface area (Å²) in [5.74, 6) is -0.611. The van der Waals surface area contributed by atoms with Crippen LogP contribution in [0.2, 0.25) is 0 Å². The number of hydrogen-bond acceptors (Lipinski definition) is 4. The molecular formula is C7H2F2IN3O2. The fraction of sp³-hybridized carbons (Fsp3) is 0.143. The summed E-state index contributed by atoms with van der Waals surface area (Å²) in [6, 6.07) is 2.32. The highest BCUT2D eigenvalue weighted by Gasteiger charge is 2.25. The van der Waals surface area contributed by atoms with E-state index in [1.807, 2.05) is 0 Å². The van der Waals surface area contributed by atoms with Crippen molar-refractivity contribution in [2.75, 3.05) is 0 Å². The maximum Gasteiger partial charge on any atom is 0.365 e. The zero-order chi connectivity index (χ0) is 11.6. The van der Waals surface area contributed by atoms with E-state index >= 15 is 0 Å². The van der Waals surface area contributed by atoms with Crippen LogP contribution in [-0.2, 0) is 0 Å². The number of alkyl halides is 2. The Balaban J connectivity index is 3.46. The lowest BCUT2D eigenvalue weighted by Gasteiger charge is -2.02. The van der Waals surface area contributed by atoms with Gasteiger partial charge in [-0.25, -0.2) is 8.78 Å². The molecule has 0 aliphatic carbocycles. The first-order valence-corrected chi connectivity index (χ1v) is 4.58. The van der Waals surface area contributed by atoms with Crippen molar-refractivity contribution in [1.82, 2.24) is 4.98 Å². The maximum absolute atomic E-state index is 12.4. The Kier molecular flexibility index (Phi) is 3.46. The summed E-state index contributed by atoms with van der Waals surface area (Å²) in [5, 5.41) is 18.9. The molecule has 0 bridgehead atoms. The van der Waals surface area contributed by atoms with Gasteiger partial charge in [0.15, 0.2) is 0 Å². The van der Waals surface area contributed by atoms with E-state index in [0.29, 0.717) is 0 Å². The van der Waals surface area contributed by atoms with Gasteiger partial charge in [0.1, 0.15) is 6.07 Å². The molecule has 0 spiro atoms. The van der Waals surface area contributed by atoms with Gasteiger partial charge in [0.05, 0.1) is 5.56 Å². The Morgan fingerprint density at radius 2 is 2.27 bits per heavy atom. The van der Waals surface area contributed by atoms with E-state index in [-0.39, 0.29) is 3.57 Å². The first-order valence-electron chi connectivity index (χ1n) is 3.50. The molecule has 5 nitrogen and oxygen atoms in total. The largest absolute Gasteiger partial charge is 0.365 e. The van der Waals surface area contributed by atoms with Gasteiger partial charge in [-0.15, -0.1) is 0 Å². The van der Waals surface area contributed by atoms with Gasteiger partial charge in [-0.05, 0) is 32.5 Å². The van der Waals surface area contributed by atoms with Crippen molar-refractivity contribution in [3.05, 3.63) is 31.0 Å². The number of nitrogens with zero attached hydrogens (tertiary/aromatic N) is 3. The highest BCUT2D eigenvalue weighted by atomic mass is 127. The SMILES string of the molecule is N#Cc1nc([N+](=O)[O-])cc(I)c1C(F)F. The van der Waals surface area contributed by atoms with Crippen LogP contribution in [0.15, 0.2) is 6.07 Å². The summed E-state index contributed by atoms with van der Waals surface area (Å²) < 4.78 is 24.8. The van der Waals surface area contributed by atoms with Crippen molar-refractivity contribution in [2.45, 2.75) is 6.43 Å². The van der Waals surface area contributed by atoms with Crippen molar-refractivity contribution in [3.63, 3.8) is 0 Å². The summed E-state index contributed by atoms with van der Waals surface area (Å²) >= 11 is 1.51. The topological polar surface area (TPSA) is 79.8 Å². The van der Waals surface area contributed by atoms with Gasteiger partial charge in [0, 0.05) is 9.64 Å². The third-order valence-electron chi connectivity index (χ3n) is 1.51. The van der Waals surface area contributed by atoms with Crippen molar-refractivity contribution >= 4 is 28.4 Å². The van der Waals surface area contributed by atoms with Crippen molar-refractivity contribution in [3.8, 4) is 6.07 Å². The van der Waals surface area contributed by atoms with Gasteiger partial charge in [-0.2, -0.15) is 5.26 Å². The van der Waals surface area contributed by atoms with Gasteiger partial charge < -0.3 is 10.1 Å². The molecule has 0 unspecified atom stereocenters. The molecule has 0 amide bonds. The monoisotopic (exact) mass is 325 g/mol. The van der Waals surface area contributed by atoms with E-state index in [0.717, 1.165) is 6.07 Å². The molecule has 15 heavy (non-hydrogen) atoms. The van der Waals surface area contributed by atoms with E-state index in [9.17, 15) is 18.9 Å². The molecule has 0 aromatic carbocycles. The first-order chi connectivity index (χ1) is 6.97. The molecule has 0 saturated heterocycles. The van der Waals surface area contributed by atoms with Gasteiger partial charge >= 0.3 is 5.82 Å². The fourth-order valence-corrected chi connectivity index (χ4v) is 1.67. The molecule has 1 rings (SSSR count). The molecule has 0 aliphatic rings. The summed E-state index contributed by atoms with van der Waals surface area (Å²) in [7, 11) is 0. The van der Waals surface area contributed by atoms with Crippen LogP contribution in [0.4, 0.5) is 14.6 Å². The molecule has 0 radical (unpaired) electrons. The van der Waals surface area contributed by atoms with Gasteiger partial charge in [0.2, 0.25) is 0 Å². The minimum Gasteiger partial charge on any atom is -0.358 e. The molecule has 1 heterocycles. The van der Waals surface area contributed by atoms with Crippen LogP contribution in [-0.4, -0.2) is 9.91 Å². The zero-order valence-corrected chi connectivity index (χ0v) is 9.10. The van der Waals surface area contributed by atoms with E-state index in [1.54, 1.807) is 0 Å². The van der Waals surface area contributed by atoms with Crippen molar-refractivity contribution in [1.29, 1.82) is 5.26 Å². The smallest absolute Gasteiger partial charge is 0.358 e. The predicted molar refractivity (Wildman–Crippen MR) is 53.3 cm³/mol. The number of rotatable bonds is 2. The Hall–Kier alpha value is -1.37. The molecule has 1 aromatic heterocycles. The lowest BCUT2D eigenvalue weighted by atomic mass is 10.2. The first kappa shape index (κ1) is 11.7. The molecule has 0 saturated carbocycles. The van der Waals surface area contributed by atoms with E-state index in [4.69, 9.17) is 5.26 Å². The molecule has 0 aliphatic heterocycles. The lowest BCUT2D eigenvalue weighted by molar-refractivity contribution is -0.389. The quantitative estimate of drug-likeness (QED) is 0.475. The minimum absolute atomic E-state index is 0.0409. The number of pyridine rings is 1. The molecule has 0 fully saturated rings. The Bertz CT molecular complexity index is 458. The molecule has 1 aromatic rings. The highest BCUT2D eigenvalue weighted by molar-refractivity contribution is 14.1. The summed E-state index contributed by atoms with van der Waals surface area (Å²) in [4.78, 5) is 12.7. The zero-order valence-electron chi connectivity index (χ0n) is 6.95. The summed E-state index contributed by atoms with van der Waals surface area (Å²) in [6.07, 6.45) is -2.88. The number of hydrogen-bond donors (Lipinski definition) is 0. The number of halogens is 3. The van der Waals surface area contributed by atoms with Crippen LogP contribution >= 0.6 is 22.6 Å². The van der Waals surface area contributed by atoms with Crippen LogP contribution in [0.3, 0.4) is 0 Å². The summed E-state index contributed by atoms with van der Waals surface area (Å²) in [5.41, 5.74) is -1.17. The average Bonchev–Trinajstić information content (AvgIpc) is 2.15. The Labute approximate surface area is 96.0 Å². The second-order valence-electron chi connectivity index (χ2n) is 2.39. The normalized spacial score (nSPS) is 10.1. The second kappa shape index (κ2) is 4.43. The molecule has 0 N–H and O–H groups in total. The average molecular weight is 325 g/mol. The van der Waals surface area contributed by atoms with Crippen LogP contribution in [0.1, 0.15) is 17.7 Å². The minimum atomic E-state index is -2.88. The second-order valence-corrected chi connectivity index (χ2v) is 3.56. The van der Waals surface area contributed by atoms with Crippen molar-refractivity contribution in [2.24, 2.45) is 0 Å². The summed E-state index contributed by atoms with van der Waals surface area (Å²) in [6.45, 7) is 0. The van der Waals surface area contributed by atoms with Gasteiger partial charge in [0.25, 0.3) is 12.1 Å². The molecule has 8 heteroatoms. The van der Waals surface area contributed by atoms with E-state index in [2.05, 4.69) is 4.98 Å². The predicted octanol–water partition coefficient (Wildman–Crippen LogP) is 2.40. The van der Waals surface area contributed by atoms with E-state index < -0.39 is 28.4 Å². The van der Waals surface area contributed by atoms with Gasteiger partial charge in [-0.1, -0.05) is 0 Å². The number of aromatic nitrogens is 1. The third-order valence-corrected chi connectivity index (χ3v) is 2.40. The maximum atomic E-state index is 12.4. The number of nitro groups is 1. The van der Waals surface area contributed by atoms with Crippen LogP contribution in [0.5, 0.6) is 0 Å². The standard InChI is InChI=1S/C7H2F2IN3O2/c8-7(9)6-3(10)1-5(13(14)15)12-4(6)2-11/h1,7H. The molecule has 78 valence electrons. The highest BCUT2D eigenvalue weighted by Crippen LogP contribution is 2.29. The van der Waals surface area contributed by atoms with Crippen molar-refractivity contribution < 1.29 is 13.7 Å². The molecular weight excluding hydrogens is 323 g/mol. The Morgan fingerprint density at radius 1 is 1.67 bits per heavy atom. The van der Waals surface area contributed by atoms with Crippen LogP contribution in [0.25, 0.3) is 0 Å². The van der Waals surface area contributed by atoms with Crippen LogP contribution < -0.4 is 0 Å².